The normalized spacial score (nSPS) is 11.9. The number of ether oxygens (including phenoxy) is 1. The van der Waals surface area contributed by atoms with Gasteiger partial charge in [-0.1, -0.05) is 0 Å². The van der Waals surface area contributed by atoms with Crippen LogP contribution in [-0.2, 0) is 4.74 Å². The third-order valence-electron chi connectivity index (χ3n) is 4.09. The number of benzene rings is 1. The fourth-order valence-corrected chi connectivity index (χ4v) is 3.60. The van der Waals surface area contributed by atoms with Crippen molar-refractivity contribution in [3.8, 4) is 6.07 Å². The zero-order valence-electron chi connectivity index (χ0n) is 16.0. The molecule has 1 aromatic carbocycles. The van der Waals surface area contributed by atoms with Gasteiger partial charge in [-0.15, -0.1) is 0 Å². The topological polar surface area (TPSA) is 88.2 Å². The van der Waals surface area contributed by atoms with Crippen LogP contribution in [0.4, 0.5) is 15.8 Å². The van der Waals surface area contributed by atoms with Crippen LogP contribution in [-0.4, -0.2) is 36.3 Å². The van der Waals surface area contributed by atoms with Crippen molar-refractivity contribution in [1.82, 2.24) is 4.98 Å². The molecule has 0 spiro atoms. The lowest BCUT2D eigenvalue weighted by atomic mass is 10.2. The van der Waals surface area contributed by atoms with E-state index in [2.05, 4.69) is 29.1 Å². The number of halogens is 1. The standard InChI is InChI=1S/C20H20FN3O3S/c1-5-26-20(25)19-17(14-11-23-10-12(9-22)18(14)27-19)24-16-7-6-13(8-15(16)21)28(2,3)4/h6-8,10-11,24H,5H2,1-4H3. The Bertz CT molecular complexity index is 1100. The van der Waals surface area contributed by atoms with Crippen molar-refractivity contribution >= 4 is 38.3 Å². The number of fused-ring (bicyclic) bond motifs is 1. The number of rotatable bonds is 5. The molecule has 0 amide bonds. The summed E-state index contributed by atoms with van der Waals surface area (Å²) in [5.74, 6) is -1.29. The Balaban J connectivity index is 2.13. The van der Waals surface area contributed by atoms with E-state index >= 15 is 0 Å². The first-order valence-electron chi connectivity index (χ1n) is 8.49. The number of hydrogen-bond acceptors (Lipinski definition) is 6. The second-order valence-electron chi connectivity index (χ2n) is 6.81. The number of nitrogens with one attached hydrogen (secondary N) is 1. The molecule has 0 aliphatic heterocycles. The number of hydrogen-bond donors (Lipinski definition) is 1. The molecule has 8 heteroatoms. The van der Waals surface area contributed by atoms with Gasteiger partial charge < -0.3 is 14.5 Å². The Kier molecular flexibility index (Phi) is 5.29. The quantitative estimate of drug-likeness (QED) is 0.617. The minimum Gasteiger partial charge on any atom is -0.460 e. The molecule has 0 aliphatic carbocycles. The minimum atomic E-state index is -1.08. The number of carbonyl (C=O) groups is 1. The predicted octanol–water partition coefficient (Wildman–Crippen LogP) is 4.81. The molecule has 3 rings (SSSR count). The van der Waals surface area contributed by atoms with Crippen molar-refractivity contribution in [2.45, 2.75) is 11.8 Å². The molecule has 28 heavy (non-hydrogen) atoms. The summed E-state index contributed by atoms with van der Waals surface area (Å²) >= 11 is 0. The maximum Gasteiger partial charge on any atom is 0.376 e. The lowest BCUT2D eigenvalue weighted by Crippen LogP contribution is -2.06. The van der Waals surface area contributed by atoms with Gasteiger partial charge in [0.25, 0.3) is 0 Å². The molecule has 0 radical (unpaired) electrons. The third-order valence-corrected chi connectivity index (χ3v) is 5.75. The highest BCUT2D eigenvalue weighted by Crippen LogP contribution is 2.46. The van der Waals surface area contributed by atoms with E-state index in [0.29, 0.717) is 5.39 Å². The summed E-state index contributed by atoms with van der Waals surface area (Å²) in [7, 11) is -1.08. The molecule has 0 saturated carbocycles. The van der Waals surface area contributed by atoms with Gasteiger partial charge in [-0.05, 0) is 48.8 Å². The predicted molar refractivity (Wildman–Crippen MR) is 108 cm³/mol. The van der Waals surface area contributed by atoms with E-state index in [1.807, 2.05) is 12.1 Å². The van der Waals surface area contributed by atoms with Crippen LogP contribution in [0.2, 0.25) is 0 Å². The second kappa shape index (κ2) is 7.52. The average Bonchev–Trinajstić information content (AvgIpc) is 3.01. The number of furan rings is 1. The summed E-state index contributed by atoms with van der Waals surface area (Å²) in [5.41, 5.74) is 0.762. The number of esters is 1. The zero-order valence-corrected chi connectivity index (χ0v) is 16.8. The molecule has 0 aliphatic rings. The Morgan fingerprint density at radius 2 is 2.11 bits per heavy atom. The van der Waals surface area contributed by atoms with Gasteiger partial charge in [0.2, 0.25) is 5.76 Å². The van der Waals surface area contributed by atoms with Gasteiger partial charge in [-0.25, -0.2) is 19.2 Å². The summed E-state index contributed by atoms with van der Waals surface area (Å²) < 4.78 is 25.4. The van der Waals surface area contributed by atoms with Crippen molar-refractivity contribution < 1.29 is 18.3 Å². The van der Waals surface area contributed by atoms with Gasteiger partial charge in [-0.3, -0.25) is 4.98 Å². The Hall–Kier alpha value is -3.05. The maximum absolute atomic E-state index is 14.7. The van der Waals surface area contributed by atoms with Crippen molar-refractivity contribution in [1.29, 1.82) is 5.26 Å². The molecule has 1 N–H and O–H groups in total. The van der Waals surface area contributed by atoms with Crippen molar-refractivity contribution in [3.63, 3.8) is 0 Å². The number of anilines is 2. The maximum atomic E-state index is 14.7. The lowest BCUT2D eigenvalue weighted by Gasteiger charge is -2.26. The molecular formula is C20H20FN3O3S. The fraction of sp³-hybridized carbons (Fsp3) is 0.250. The van der Waals surface area contributed by atoms with Crippen molar-refractivity contribution in [2.75, 3.05) is 30.7 Å². The molecular weight excluding hydrogens is 381 g/mol. The van der Waals surface area contributed by atoms with Gasteiger partial charge in [0, 0.05) is 12.4 Å². The van der Waals surface area contributed by atoms with Crippen LogP contribution in [0.3, 0.4) is 0 Å². The SMILES string of the molecule is CCOC(=O)c1oc2c(C#N)cncc2c1Nc1ccc(S(C)(C)C)cc1F. The number of nitriles is 1. The highest BCUT2D eigenvalue weighted by molar-refractivity contribution is 8.32. The van der Waals surface area contributed by atoms with Gasteiger partial charge in [-0.2, -0.15) is 5.26 Å². The Morgan fingerprint density at radius 1 is 1.36 bits per heavy atom. The first-order chi connectivity index (χ1) is 13.3. The Labute approximate surface area is 163 Å². The number of pyridine rings is 1. The number of nitrogens with zero attached hydrogens (tertiary/aromatic N) is 2. The van der Waals surface area contributed by atoms with E-state index in [1.165, 1.54) is 18.5 Å². The van der Waals surface area contributed by atoms with E-state index in [9.17, 15) is 14.4 Å². The molecule has 0 atom stereocenters. The fourth-order valence-electron chi connectivity index (χ4n) is 2.67. The molecule has 0 unspecified atom stereocenters. The van der Waals surface area contributed by atoms with E-state index in [4.69, 9.17) is 9.15 Å². The molecule has 0 bridgehead atoms. The van der Waals surface area contributed by atoms with Crippen LogP contribution in [0.1, 0.15) is 23.0 Å². The highest BCUT2D eigenvalue weighted by Gasteiger charge is 2.25. The largest absolute Gasteiger partial charge is 0.460 e. The van der Waals surface area contributed by atoms with Crippen LogP contribution in [0.5, 0.6) is 0 Å². The highest BCUT2D eigenvalue weighted by atomic mass is 32.3. The number of aromatic nitrogens is 1. The molecule has 2 heterocycles. The minimum absolute atomic E-state index is 0.133. The van der Waals surface area contributed by atoms with Crippen LogP contribution >= 0.6 is 10.0 Å². The van der Waals surface area contributed by atoms with Gasteiger partial charge >= 0.3 is 5.97 Å². The van der Waals surface area contributed by atoms with Crippen molar-refractivity contribution in [3.05, 3.63) is 47.7 Å². The average molecular weight is 401 g/mol. The third kappa shape index (κ3) is 3.66. The zero-order chi connectivity index (χ0) is 20.5. The second-order valence-corrected chi connectivity index (χ2v) is 11.0. The van der Waals surface area contributed by atoms with Gasteiger partial charge in [0.15, 0.2) is 5.58 Å². The molecule has 2 aromatic heterocycles. The summed E-state index contributed by atoms with van der Waals surface area (Å²) in [6.07, 6.45) is 9.02. The first kappa shape index (κ1) is 19.7. The summed E-state index contributed by atoms with van der Waals surface area (Å²) in [6, 6.07) is 6.94. The van der Waals surface area contributed by atoms with E-state index in [0.717, 1.165) is 4.90 Å². The molecule has 3 aromatic rings. The summed E-state index contributed by atoms with van der Waals surface area (Å²) in [5, 5.41) is 12.6. The Morgan fingerprint density at radius 3 is 2.71 bits per heavy atom. The van der Waals surface area contributed by atoms with E-state index < -0.39 is 21.8 Å². The van der Waals surface area contributed by atoms with Crippen molar-refractivity contribution in [2.24, 2.45) is 0 Å². The van der Waals surface area contributed by atoms with Gasteiger partial charge in [0.05, 0.1) is 17.7 Å². The van der Waals surface area contributed by atoms with Crippen LogP contribution in [0.15, 0.2) is 39.9 Å². The first-order valence-corrected chi connectivity index (χ1v) is 11.3. The summed E-state index contributed by atoms with van der Waals surface area (Å²) in [4.78, 5) is 17.3. The van der Waals surface area contributed by atoms with E-state index in [-0.39, 0.29) is 34.9 Å². The smallest absolute Gasteiger partial charge is 0.376 e. The van der Waals surface area contributed by atoms with Gasteiger partial charge in [0.1, 0.15) is 23.1 Å². The summed E-state index contributed by atoms with van der Waals surface area (Å²) in [6.45, 7) is 1.82. The van der Waals surface area contributed by atoms with Crippen LogP contribution in [0.25, 0.3) is 11.0 Å². The van der Waals surface area contributed by atoms with Crippen LogP contribution in [0, 0.1) is 17.1 Å². The molecule has 0 saturated heterocycles. The molecule has 6 nitrogen and oxygen atoms in total. The molecule has 0 fully saturated rings. The lowest BCUT2D eigenvalue weighted by molar-refractivity contribution is 0.0494. The van der Waals surface area contributed by atoms with Crippen LogP contribution < -0.4 is 5.32 Å². The van der Waals surface area contributed by atoms with E-state index in [1.54, 1.807) is 13.0 Å². The molecule has 146 valence electrons. The monoisotopic (exact) mass is 401 g/mol. The number of carbonyl (C=O) groups excluding carboxylic acids is 1.